The first-order chi connectivity index (χ1) is 9.14. The molecule has 0 atom stereocenters. The van der Waals surface area contributed by atoms with Crippen LogP contribution in [0.25, 0.3) is 0 Å². The van der Waals surface area contributed by atoms with Crippen molar-refractivity contribution in [3.05, 3.63) is 20.6 Å². The van der Waals surface area contributed by atoms with Gasteiger partial charge in [-0.25, -0.2) is 0 Å². The highest BCUT2D eigenvalue weighted by Gasteiger charge is 2.25. The van der Waals surface area contributed by atoms with Gasteiger partial charge in [0.2, 0.25) is 5.69 Å². The van der Waals surface area contributed by atoms with Crippen molar-refractivity contribution in [1.82, 2.24) is 4.74 Å². The van der Waals surface area contributed by atoms with E-state index in [-0.39, 0.29) is 23.6 Å². The van der Waals surface area contributed by atoms with Crippen molar-refractivity contribution in [3.63, 3.8) is 0 Å². The summed E-state index contributed by atoms with van der Waals surface area (Å²) < 4.78 is 18.5. The Morgan fingerprint density at radius 1 is 1.35 bits per heavy atom. The molecule has 1 heterocycles. The zero-order valence-electron chi connectivity index (χ0n) is 12.1. The topological polar surface area (TPSA) is 53.6 Å². The van der Waals surface area contributed by atoms with Gasteiger partial charge in [-0.3, -0.25) is 4.79 Å². The quantitative estimate of drug-likeness (QED) is 0.633. The minimum Gasteiger partial charge on any atom is -0.379 e. The van der Waals surface area contributed by atoms with Gasteiger partial charge in [-0.05, 0) is 73.7 Å². The van der Waals surface area contributed by atoms with E-state index in [1.54, 1.807) is 6.92 Å². The molecule has 5 nitrogen and oxygen atoms in total. The molecular weight excluding hydrogens is 385 g/mol. The largest absolute Gasteiger partial charge is 0.379 e. The third kappa shape index (κ3) is 5.31. The van der Waals surface area contributed by atoms with Gasteiger partial charge in [0.05, 0.1) is 12.2 Å². The van der Waals surface area contributed by atoms with Gasteiger partial charge in [0.1, 0.15) is 16.1 Å². The predicted molar refractivity (Wildman–Crippen MR) is 89.7 cm³/mol. The summed E-state index contributed by atoms with van der Waals surface area (Å²) in [7, 11) is 0. The molecule has 1 aromatic heterocycles. The number of hydrogen-bond donors (Lipinski definition) is 0. The Kier molecular flexibility index (Phi) is 7.02. The highest BCUT2D eigenvalue weighted by Crippen LogP contribution is 2.62. The lowest BCUT2D eigenvalue weighted by Gasteiger charge is -2.25. The Bertz CT molecular complexity index is 541. The molecule has 0 radical (unpaired) electrons. The van der Waals surface area contributed by atoms with Gasteiger partial charge >= 0.3 is 0 Å². The van der Waals surface area contributed by atoms with Crippen molar-refractivity contribution in [1.29, 1.82) is 0 Å². The molecule has 1 rings (SSSR count). The van der Waals surface area contributed by atoms with Crippen LogP contribution >= 0.6 is 33.0 Å². The van der Waals surface area contributed by atoms with E-state index in [1.807, 2.05) is 27.7 Å². The molecule has 0 spiro atoms. The number of nitrogens with zero attached hydrogens (tertiary/aromatic N) is 1. The lowest BCUT2D eigenvalue weighted by molar-refractivity contribution is 0.185. The van der Waals surface area contributed by atoms with Crippen LogP contribution in [0, 0.1) is 6.92 Å². The zero-order valence-corrected chi connectivity index (χ0v) is 16.2. The number of aryl methyl sites for hydroxylation is 1. The van der Waals surface area contributed by atoms with E-state index >= 15 is 0 Å². The summed E-state index contributed by atoms with van der Waals surface area (Å²) >= 11 is 9.98. The van der Waals surface area contributed by atoms with Gasteiger partial charge in [0.15, 0.2) is 0 Å². The van der Waals surface area contributed by atoms with Gasteiger partial charge in [-0.15, -0.1) is 0 Å². The van der Waals surface area contributed by atoms with Crippen LogP contribution in [0.1, 0.15) is 33.5 Å². The van der Waals surface area contributed by atoms with E-state index in [2.05, 4.69) is 15.9 Å². The maximum atomic E-state index is 11.9. The molecule has 1 aromatic rings. The molecule has 0 bridgehead atoms. The van der Waals surface area contributed by atoms with Gasteiger partial charge in [0.25, 0.3) is 5.56 Å². The van der Waals surface area contributed by atoms with Gasteiger partial charge in [-0.1, -0.05) is 0 Å². The van der Waals surface area contributed by atoms with Gasteiger partial charge < -0.3 is 13.6 Å². The molecule has 0 aromatic carbocycles. The average molecular weight is 404 g/mol. The van der Waals surface area contributed by atoms with Crippen LogP contribution in [0.4, 0.5) is 0 Å². The monoisotopic (exact) mass is 403 g/mol. The SMILES string of the molecule is Cc1on(CSP(=S)(OC(C)C)OC(C)C)c(=O)c1Br. The Balaban J connectivity index is 2.83. The Morgan fingerprint density at radius 2 is 1.85 bits per heavy atom. The molecule has 0 saturated carbocycles. The van der Waals surface area contributed by atoms with E-state index in [9.17, 15) is 4.79 Å². The number of aromatic nitrogens is 1. The molecule has 0 fully saturated rings. The zero-order chi connectivity index (χ0) is 15.5. The maximum absolute atomic E-state index is 11.9. The third-order valence-electron chi connectivity index (χ3n) is 1.98. The van der Waals surface area contributed by atoms with Crippen molar-refractivity contribution in [2.45, 2.75) is 52.7 Å². The summed E-state index contributed by atoms with van der Waals surface area (Å²) in [5, 5.41) is 0. The van der Waals surface area contributed by atoms with Gasteiger partial charge in [0, 0.05) is 0 Å². The van der Waals surface area contributed by atoms with Crippen molar-refractivity contribution in [2.24, 2.45) is 0 Å². The smallest absolute Gasteiger partial charge is 0.297 e. The fourth-order valence-corrected chi connectivity index (χ4v) is 6.80. The third-order valence-corrected chi connectivity index (χ3v) is 8.18. The highest BCUT2D eigenvalue weighted by atomic mass is 79.9. The lowest BCUT2D eigenvalue weighted by Crippen LogP contribution is -2.14. The van der Waals surface area contributed by atoms with Crippen LogP contribution in [0.5, 0.6) is 0 Å². The maximum Gasteiger partial charge on any atom is 0.297 e. The van der Waals surface area contributed by atoms with Crippen LogP contribution < -0.4 is 5.56 Å². The Labute approximate surface area is 136 Å². The predicted octanol–water partition coefficient (Wildman–Crippen LogP) is 4.28. The molecule has 9 heteroatoms. The fraction of sp³-hybridized carbons (Fsp3) is 0.727. The van der Waals surface area contributed by atoms with Crippen LogP contribution in [0.3, 0.4) is 0 Å². The second kappa shape index (κ2) is 7.61. The second-order valence-corrected chi connectivity index (χ2v) is 11.6. The van der Waals surface area contributed by atoms with Crippen LogP contribution in [-0.2, 0) is 26.7 Å². The Morgan fingerprint density at radius 3 is 2.20 bits per heavy atom. The molecule has 0 aliphatic carbocycles. The van der Waals surface area contributed by atoms with Crippen molar-refractivity contribution in [3.8, 4) is 0 Å². The summed E-state index contributed by atoms with van der Waals surface area (Å²) in [6, 6.07) is 0. The van der Waals surface area contributed by atoms with E-state index in [1.165, 1.54) is 16.1 Å². The summed E-state index contributed by atoms with van der Waals surface area (Å²) in [6.07, 6.45) is -0.0669. The fourth-order valence-electron chi connectivity index (χ4n) is 1.32. The summed E-state index contributed by atoms with van der Waals surface area (Å²) in [5.41, 5.74) is -2.72. The van der Waals surface area contributed by atoms with Crippen molar-refractivity contribution in [2.75, 3.05) is 0 Å². The normalized spacial score (nSPS) is 12.6. The molecule has 0 aliphatic rings. The second-order valence-electron chi connectivity index (χ2n) is 4.66. The molecule has 0 N–H and O–H groups in total. The lowest BCUT2D eigenvalue weighted by atomic mass is 10.5. The Hall–Kier alpha value is 0.410. The van der Waals surface area contributed by atoms with Crippen LogP contribution in [0.2, 0.25) is 0 Å². The summed E-state index contributed by atoms with van der Waals surface area (Å²) in [5.74, 6) is 0.806. The first kappa shape index (κ1) is 18.5. The number of hydrogen-bond acceptors (Lipinski definition) is 6. The molecule has 0 amide bonds. The van der Waals surface area contributed by atoms with E-state index in [0.29, 0.717) is 10.2 Å². The summed E-state index contributed by atoms with van der Waals surface area (Å²) in [4.78, 5) is 11.9. The summed E-state index contributed by atoms with van der Waals surface area (Å²) in [6.45, 7) is 9.35. The molecular formula is C11H19BrNO4PS2. The van der Waals surface area contributed by atoms with E-state index in [4.69, 9.17) is 25.4 Å². The highest BCUT2D eigenvalue weighted by molar-refractivity contribution is 9.10. The molecule has 0 aliphatic heterocycles. The molecule has 20 heavy (non-hydrogen) atoms. The number of rotatable bonds is 7. The minimum absolute atomic E-state index is 0.0334. The van der Waals surface area contributed by atoms with Crippen molar-refractivity contribution >= 4 is 44.8 Å². The molecule has 0 unspecified atom stereocenters. The van der Waals surface area contributed by atoms with E-state index < -0.39 is 5.69 Å². The van der Waals surface area contributed by atoms with Crippen molar-refractivity contribution < 1.29 is 13.6 Å². The average Bonchev–Trinajstić information content (AvgIpc) is 2.52. The standard InChI is InChI=1S/C11H19BrNO4PS2/c1-7(2)16-18(19,17-8(3)4)20-6-13-11(14)10(12)9(5)15-13/h7-8H,6H2,1-5H3. The first-order valence-electron chi connectivity index (χ1n) is 6.12. The molecule has 116 valence electrons. The first-order valence-corrected chi connectivity index (χ1v) is 11.1. The minimum atomic E-state index is -2.51. The van der Waals surface area contributed by atoms with Gasteiger partial charge in [-0.2, -0.15) is 4.74 Å². The van der Waals surface area contributed by atoms with Crippen LogP contribution in [0.15, 0.2) is 13.8 Å². The molecule has 0 saturated heterocycles. The number of halogens is 1. The van der Waals surface area contributed by atoms with E-state index in [0.717, 1.165) is 0 Å². The van der Waals surface area contributed by atoms with Crippen LogP contribution in [-0.4, -0.2) is 16.9 Å².